The molecular formula is C26H25BrClN3O3. The van der Waals surface area contributed by atoms with Gasteiger partial charge in [0.1, 0.15) is 12.4 Å². The number of nitrogens with one attached hydrogen (secondary N) is 2. The molecule has 3 aromatic carbocycles. The molecule has 0 aromatic heterocycles. The first-order chi connectivity index (χ1) is 16.3. The summed E-state index contributed by atoms with van der Waals surface area (Å²) < 4.78 is 6.59. The maximum atomic E-state index is 12.7. The zero-order valence-corrected chi connectivity index (χ0v) is 21.2. The van der Waals surface area contributed by atoms with E-state index in [1.807, 2.05) is 62.4 Å². The van der Waals surface area contributed by atoms with E-state index in [0.29, 0.717) is 29.6 Å². The van der Waals surface area contributed by atoms with Crippen LogP contribution in [0.15, 0.2) is 65.1 Å². The maximum Gasteiger partial charge on any atom is 0.243 e. The van der Waals surface area contributed by atoms with Crippen LogP contribution in [0.3, 0.4) is 0 Å². The van der Waals surface area contributed by atoms with E-state index in [1.165, 1.54) is 5.56 Å². The van der Waals surface area contributed by atoms with E-state index in [9.17, 15) is 9.59 Å². The number of hydrogen-bond donors (Lipinski definition) is 2. The highest BCUT2D eigenvalue weighted by atomic mass is 79.9. The van der Waals surface area contributed by atoms with E-state index < -0.39 is 5.92 Å². The third kappa shape index (κ3) is 5.54. The van der Waals surface area contributed by atoms with Crippen molar-refractivity contribution in [1.82, 2.24) is 5.43 Å². The number of rotatable bonds is 7. The molecule has 8 heteroatoms. The molecule has 0 bridgehead atoms. The van der Waals surface area contributed by atoms with Gasteiger partial charge < -0.3 is 9.64 Å². The number of aryl methyl sites for hydroxylation is 2. The minimum absolute atomic E-state index is 0.0498. The Kier molecular flexibility index (Phi) is 7.44. The number of carbonyl (C=O) groups excluding carboxylic acids is 2. The monoisotopic (exact) mass is 541 g/mol. The molecule has 1 atom stereocenters. The van der Waals surface area contributed by atoms with Crippen LogP contribution in [0.4, 0.5) is 11.4 Å². The van der Waals surface area contributed by atoms with Gasteiger partial charge in [-0.25, -0.2) is 0 Å². The summed E-state index contributed by atoms with van der Waals surface area (Å²) in [6.45, 7) is 4.74. The Bertz CT molecular complexity index is 1230. The Labute approximate surface area is 212 Å². The maximum absolute atomic E-state index is 12.7. The van der Waals surface area contributed by atoms with Crippen molar-refractivity contribution in [3.05, 3.63) is 86.8 Å². The lowest BCUT2D eigenvalue weighted by molar-refractivity contribution is -0.125. The number of nitrogens with zero attached hydrogens (tertiary/aromatic N) is 1. The molecule has 0 spiro atoms. The molecule has 1 saturated heterocycles. The molecule has 34 heavy (non-hydrogen) atoms. The van der Waals surface area contributed by atoms with Gasteiger partial charge in [0.25, 0.3) is 0 Å². The molecule has 2 N–H and O–H groups in total. The number of benzene rings is 3. The lowest BCUT2D eigenvalue weighted by Gasteiger charge is -2.18. The van der Waals surface area contributed by atoms with Crippen molar-refractivity contribution in [2.75, 3.05) is 16.9 Å². The molecule has 1 aliphatic rings. The van der Waals surface area contributed by atoms with Crippen LogP contribution in [0, 0.1) is 19.8 Å². The summed E-state index contributed by atoms with van der Waals surface area (Å²) in [5.74, 6) is -0.0495. The number of carbonyl (C=O) groups is 2. The second kappa shape index (κ2) is 10.5. The number of amides is 2. The van der Waals surface area contributed by atoms with Gasteiger partial charge in [0.2, 0.25) is 11.8 Å². The lowest BCUT2D eigenvalue weighted by Crippen LogP contribution is -2.36. The van der Waals surface area contributed by atoms with Crippen molar-refractivity contribution in [1.29, 1.82) is 0 Å². The molecule has 6 nitrogen and oxygen atoms in total. The highest BCUT2D eigenvalue weighted by molar-refractivity contribution is 9.10. The molecule has 3 aromatic rings. The van der Waals surface area contributed by atoms with E-state index in [0.717, 1.165) is 21.3 Å². The Balaban J connectivity index is 1.32. The minimum Gasteiger partial charge on any atom is -0.488 e. The van der Waals surface area contributed by atoms with Gasteiger partial charge in [0.15, 0.2) is 0 Å². The SMILES string of the molecule is Cc1ccc(N2C[C@@H](C(=O)NNc3ccc(OCc4ccccc4Cl)c(Br)c3)CC2=O)cc1C. The van der Waals surface area contributed by atoms with E-state index in [2.05, 4.69) is 26.8 Å². The predicted molar refractivity (Wildman–Crippen MR) is 138 cm³/mol. The first kappa shape index (κ1) is 24.1. The van der Waals surface area contributed by atoms with Gasteiger partial charge in [-0.05, 0) is 77.3 Å². The van der Waals surface area contributed by atoms with Crippen LogP contribution in [0.5, 0.6) is 5.75 Å². The van der Waals surface area contributed by atoms with Crippen molar-refractivity contribution in [2.24, 2.45) is 5.92 Å². The van der Waals surface area contributed by atoms with Crippen LogP contribution in [-0.4, -0.2) is 18.4 Å². The normalized spacial score (nSPS) is 15.4. The van der Waals surface area contributed by atoms with Gasteiger partial charge >= 0.3 is 0 Å². The summed E-state index contributed by atoms with van der Waals surface area (Å²) in [7, 11) is 0. The van der Waals surface area contributed by atoms with Crippen molar-refractivity contribution < 1.29 is 14.3 Å². The van der Waals surface area contributed by atoms with Crippen molar-refractivity contribution in [3.8, 4) is 5.75 Å². The fraction of sp³-hybridized carbons (Fsp3) is 0.231. The summed E-state index contributed by atoms with van der Waals surface area (Å²) in [4.78, 5) is 26.9. The highest BCUT2D eigenvalue weighted by Crippen LogP contribution is 2.30. The van der Waals surface area contributed by atoms with Crippen LogP contribution in [-0.2, 0) is 16.2 Å². The molecule has 176 valence electrons. The number of ether oxygens (including phenoxy) is 1. The van der Waals surface area contributed by atoms with Crippen LogP contribution in [0.2, 0.25) is 5.02 Å². The quantitative estimate of drug-likeness (QED) is 0.371. The minimum atomic E-state index is -0.428. The standard InChI is InChI=1S/C26H25BrClN3O3/c1-16-7-9-21(11-17(16)2)31-14-19(12-25(31)32)26(33)30-29-20-8-10-24(22(27)13-20)34-15-18-5-3-4-6-23(18)28/h3-11,13,19,29H,12,14-15H2,1-2H3,(H,30,33)/t19-/m0/s1. The van der Waals surface area contributed by atoms with Crippen LogP contribution in [0.25, 0.3) is 0 Å². The van der Waals surface area contributed by atoms with E-state index in [4.69, 9.17) is 16.3 Å². The third-order valence-corrected chi connectivity index (χ3v) is 6.89. The molecule has 0 unspecified atom stereocenters. The fourth-order valence-electron chi connectivity index (χ4n) is 3.73. The van der Waals surface area contributed by atoms with E-state index in [1.54, 1.807) is 17.0 Å². The molecule has 0 aliphatic carbocycles. The predicted octanol–water partition coefficient (Wildman–Crippen LogP) is 5.79. The van der Waals surface area contributed by atoms with E-state index >= 15 is 0 Å². The first-order valence-electron chi connectivity index (χ1n) is 10.9. The Hall–Kier alpha value is -3.03. The number of hydrogen-bond acceptors (Lipinski definition) is 4. The number of anilines is 2. The van der Waals surface area contributed by atoms with Gasteiger partial charge in [-0.1, -0.05) is 35.9 Å². The smallest absolute Gasteiger partial charge is 0.243 e. The average molecular weight is 543 g/mol. The average Bonchev–Trinajstić information content (AvgIpc) is 3.21. The van der Waals surface area contributed by atoms with Crippen LogP contribution in [0.1, 0.15) is 23.1 Å². The largest absolute Gasteiger partial charge is 0.488 e. The van der Waals surface area contributed by atoms with Gasteiger partial charge in [-0.3, -0.25) is 20.4 Å². The zero-order chi connectivity index (χ0) is 24.2. The third-order valence-electron chi connectivity index (χ3n) is 5.90. The van der Waals surface area contributed by atoms with Crippen molar-refractivity contribution in [3.63, 3.8) is 0 Å². The van der Waals surface area contributed by atoms with Gasteiger partial charge in [0.05, 0.1) is 16.1 Å². The Morgan fingerprint density at radius 3 is 2.65 bits per heavy atom. The Morgan fingerprint density at radius 2 is 1.91 bits per heavy atom. The summed E-state index contributed by atoms with van der Waals surface area (Å²) >= 11 is 9.68. The van der Waals surface area contributed by atoms with Crippen LogP contribution >= 0.6 is 27.5 Å². The summed E-state index contributed by atoms with van der Waals surface area (Å²) in [5.41, 5.74) is 10.3. The summed E-state index contributed by atoms with van der Waals surface area (Å²) in [5, 5.41) is 0.654. The molecule has 4 rings (SSSR count). The number of hydrazine groups is 1. The topological polar surface area (TPSA) is 70.7 Å². The molecule has 1 aliphatic heterocycles. The number of halogens is 2. The molecular weight excluding hydrogens is 518 g/mol. The van der Waals surface area contributed by atoms with Crippen molar-refractivity contribution >= 4 is 50.7 Å². The first-order valence-corrected chi connectivity index (χ1v) is 12.1. The molecule has 2 amide bonds. The van der Waals surface area contributed by atoms with Gasteiger partial charge in [-0.2, -0.15) is 0 Å². The van der Waals surface area contributed by atoms with Gasteiger partial charge in [0, 0.05) is 29.2 Å². The fourth-order valence-corrected chi connectivity index (χ4v) is 4.41. The Morgan fingerprint density at radius 1 is 1.12 bits per heavy atom. The highest BCUT2D eigenvalue weighted by Gasteiger charge is 2.35. The van der Waals surface area contributed by atoms with Crippen molar-refractivity contribution in [2.45, 2.75) is 26.9 Å². The second-order valence-corrected chi connectivity index (χ2v) is 9.58. The summed E-state index contributed by atoms with van der Waals surface area (Å²) in [6.07, 6.45) is 0.180. The summed E-state index contributed by atoms with van der Waals surface area (Å²) in [6, 6.07) is 18.8. The molecule has 1 heterocycles. The second-order valence-electron chi connectivity index (χ2n) is 8.31. The van der Waals surface area contributed by atoms with E-state index in [-0.39, 0.29) is 18.2 Å². The molecule has 0 saturated carbocycles. The molecule has 1 fully saturated rings. The lowest BCUT2D eigenvalue weighted by atomic mass is 10.1. The molecule has 0 radical (unpaired) electrons. The zero-order valence-electron chi connectivity index (χ0n) is 18.9. The van der Waals surface area contributed by atoms with Gasteiger partial charge in [-0.15, -0.1) is 0 Å². The van der Waals surface area contributed by atoms with Crippen LogP contribution < -0.4 is 20.5 Å².